The Bertz CT molecular complexity index is 569. The van der Waals surface area contributed by atoms with Crippen molar-refractivity contribution in [2.24, 2.45) is 0 Å². The third kappa shape index (κ3) is 2.97. The zero-order valence-electron chi connectivity index (χ0n) is 10.4. The van der Waals surface area contributed by atoms with E-state index in [0.29, 0.717) is 0 Å². The van der Waals surface area contributed by atoms with Gasteiger partial charge in [-0.2, -0.15) is 5.10 Å². The van der Waals surface area contributed by atoms with E-state index in [1.807, 2.05) is 0 Å². The van der Waals surface area contributed by atoms with Crippen LogP contribution in [0.1, 0.15) is 17.3 Å². The molecule has 0 aliphatic rings. The number of rotatable bonds is 4. The van der Waals surface area contributed by atoms with Crippen molar-refractivity contribution in [1.29, 1.82) is 0 Å². The molecule has 2 rings (SSSR count). The first-order chi connectivity index (χ1) is 9.11. The molecule has 1 amide bonds. The van der Waals surface area contributed by atoms with Gasteiger partial charge in [0, 0.05) is 24.0 Å². The summed E-state index contributed by atoms with van der Waals surface area (Å²) in [6, 6.07) is 5.46. The van der Waals surface area contributed by atoms with Crippen LogP contribution in [0.25, 0.3) is 5.69 Å². The Labute approximate surface area is 109 Å². The number of hydrogen-bond donors (Lipinski definition) is 2. The third-order valence-corrected chi connectivity index (χ3v) is 2.61. The van der Waals surface area contributed by atoms with Gasteiger partial charge in [-0.15, -0.1) is 0 Å². The topological polar surface area (TPSA) is 67.2 Å². The highest BCUT2D eigenvalue weighted by Gasteiger charge is 2.12. The van der Waals surface area contributed by atoms with Crippen LogP contribution in [-0.2, 0) is 0 Å². The standard InChI is InChI=1S/C13H14FN3O2/c1-9(8-18)16-13(19)10-3-4-12(11(14)7-10)17-6-2-5-15-17/h2-7,9,18H,8H2,1H3,(H,16,19). The van der Waals surface area contributed by atoms with Crippen molar-refractivity contribution in [3.63, 3.8) is 0 Å². The number of amides is 1. The molecule has 0 saturated carbocycles. The quantitative estimate of drug-likeness (QED) is 0.868. The molecule has 1 heterocycles. The van der Waals surface area contributed by atoms with Crippen LogP contribution in [-0.4, -0.2) is 33.4 Å². The minimum absolute atomic E-state index is 0.167. The van der Waals surface area contributed by atoms with E-state index < -0.39 is 11.7 Å². The van der Waals surface area contributed by atoms with Gasteiger partial charge in [0.1, 0.15) is 11.5 Å². The first-order valence-corrected chi connectivity index (χ1v) is 5.83. The van der Waals surface area contributed by atoms with E-state index in [-0.39, 0.29) is 23.9 Å². The highest BCUT2D eigenvalue weighted by atomic mass is 19.1. The molecule has 0 aliphatic carbocycles. The monoisotopic (exact) mass is 263 g/mol. The molecule has 0 radical (unpaired) electrons. The summed E-state index contributed by atoms with van der Waals surface area (Å²) in [5.41, 5.74) is 0.477. The molecule has 0 bridgehead atoms. The van der Waals surface area contributed by atoms with Crippen molar-refractivity contribution in [1.82, 2.24) is 15.1 Å². The summed E-state index contributed by atoms with van der Waals surface area (Å²) in [6.07, 6.45) is 3.16. The largest absolute Gasteiger partial charge is 0.394 e. The predicted octanol–water partition coefficient (Wildman–Crippen LogP) is 1.12. The maximum absolute atomic E-state index is 13.9. The van der Waals surface area contributed by atoms with Gasteiger partial charge in [-0.05, 0) is 31.2 Å². The Morgan fingerprint density at radius 1 is 1.58 bits per heavy atom. The van der Waals surface area contributed by atoms with Crippen molar-refractivity contribution in [2.75, 3.05) is 6.61 Å². The average Bonchev–Trinajstić information content (AvgIpc) is 2.92. The van der Waals surface area contributed by atoms with Crippen molar-refractivity contribution >= 4 is 5.91 Å². The number of carbonyl (C=O) groups is 1. The van der Waals surface area contributed by atoms with Gasteiger partial charge in [-0.3, -0.25) is 4.79 Å². The highest BCUT2D eigenvalue weighted by molar-refractivity contribution is 5.94. The zero-order chi connectivity index (χ0) is 13.8. The number of benzene rings is 1. The van der Waals surface area contributed by atoms with Crippen LogP contribution in [0.15, 0.2) is 36.7 Å². The lowest BCUT2D eigenvalue weighted by Crippen LogP contribution is -2.35. The lowest BCUT2D eigenvalue weighted by atomic mass is 10.1. The van der Waals surface area contributed by atoms with Gasteiger partial charge in [-0.25, -0.2) is 9.07 Å². The lowest BCUT2D eigenvalue weighted by molar-refractivity contribution is 0.0922. The van der Waals surface area contributed by atoms with Gasteiger partial charge in [0.15, 0.2) is 0 Å². The summed E-state index contributed by atoms with van der Waals surface area (Å²) in [5, 5.41) is 15.3. The molecular formula is C13H14FN3O2. The fraction of sp³-hybridized carbons (Fsp3) is 0.231. The van der Waals surface area contributed by atoms with Crippen LogP contribution < -0.4 is 5.32 Å². The second kappa shape index (κ2) is 5.62. The van der Waals surface area contributed by atoms with E-state index in [9.17, 15) is 9.18 Å². The second-order valence-corrected chi connectivity index (χ2v) is 4.17. The molecule has 0 aliphatic heterocycles. The molecule has 0 fully saturated rings. The fourth-order valence-corrected chi connectivity index (χ4v) is 1.60. The predicted molar refractivity (Wildman–Crippen MR) is 67.5 cm³/mol. The Hall–Kier alpha value is -2.21. The number of nitrogens with zero attached hydrogens (tertiary/aromatic N) is 2. The van der Waals surface area contributed by atoms with E-state index in [1.54, 1.807) is 25.4 Å². The molecule has 19 heavy (non-hydrogen) atoms. The molecule has 0 saturated heterocycles. The minimum Gasteiger partial charge on any atom is -0.394 e. The van der Waals surface area contributed by atoms with Gasteiger partial charge >= 0.3 is 0 Å². The molecule has 2 aromatic rings. The Balaban J connectivity index is 2.22. The molecular weight excluding hydrogens is 249 g/mol. The van der Waals surface area contributed by atoms with Gasteiger partial charge < -0.3 is 10.4 Å². The van der Waals surface area contributed by atoms with E-state index in [1.165, 1.54) is 16.8 Å². The van der Waals surface area contributed by atoms with Crippen LogP contribution in [0.3, 0.4) is 0 Å². The SMILES string of the molecule is CC(CO)NC(=O)c1ccc(-n2cccn2)c(F)c1. The molecule has 2 N–H and O–H groups in total. The summed E-state index contributed by atoms with van der Waals surface area (Å²) < 4.78 is 15.3. The van der Waals surface area contributed by atoms with Gasteiger partial charge in [-0.1, -0.05) is 0 Å². The molecule has 1 unspecified atom stereocenters. The van der Waals surface area contributed by atoms with Crippen molar-refractivity contribution in [3.05, 3.63) is 48.0 Å². The average molecular weight is 263 g/mol. The Kier molecular flexibility index (Phi) is 3.91. The number of aromatic nitrogens is 2. The normalized spacial score (nSPS) is 12.2. The van der Waals surface area contributed by atoms with Crippen LogP contribution in [0, 0.1) is 5.82 Å². The summed E-state index contributed by atoms with van der Waals surface area (Å²) in [7, 11) is 0. The second-order valence-electron chi connectivity index (χ2n) is 4.17. The van der Waals surface area contributed by atoms with Crippen molar-refractivity contribution in [3.8, 4) is 5.69 Å². The Morgan fingerprint density at radius 2 is 2.37 bits per heavy atom. The fourth-order valence-electron chi connectivity index (χ4n) is 1.60. The van der Waals surface area contributed by atoms with Crippen LogP contribution in [0.4, 0.5) is 4.39 Å². The molecule has 5 nitrogen and oxygen atoms in total. The number of nitrogens with one attached hydrogen (secondary N) is 1. The van der Waals surface area contributed by atoms with Gasteiger partial charge in [0.05, 0.1) is 6.61 Å². The zero-order valence-corrected chi connectivity index (χ0v) is 10.4. The minimum atomic E-state index is -0.534. The van der Waals surface area contributed by atoms with Gasteiger partial charge in [0.2, 0.25) is 0 Å². The van der Waals surface area contributed by atoms with Crippen molar-refractivity contribution < 1.29 is 14.3 Å². The maximum Gasteiger partial charge on any atom is 0.251 e. The first-order valence-electron chi connectivity index (χ1n) is 5.83. The number of aliphatic hydroxyl groups is 1. The molecule has 6 heteroatoms. The molecule has 1 aromatic carbocycles. The molecule has 100 valence electrons. The number of carbonyl (C=O) groups excluding carboxylic acids is 1. The maximum atomic E-state index is 13.9. The van der Waals surface area contributed by atoms with Crippen molar-refractivity contribution in [2.45, 2.75) is 13.0 Å². The van der Waals surface area contributed by atoms with E-state index >= 15 is 0 Å². The third-order valence-electron chi connectivity index (χ3n) is 2.61. The summed E-state index contributed by atoms with van der Waals surface area (Å²) in [5.74, 6) is -0.958. The molecule has 0 spiro atoms. The number of hydrogen-bond acceptors (Lipinski definition) is 3. The van der Waals surface area contributed by atoms with E-state index in [2.05, 4.69) is 10.4 Å². The number of aliphatic hydroxyl groups excluding tert-OH is 1. The summed E-state index contributed by atoms with van der Waals surface area (Å²) in [6.45, 7) is 1.49. The first kappa shape index (κ1) is 13.2. The summed E-state index contributed by atoms with van der Waals surface area (Å²) in [4.78, 5) is 11.8. The van der Waals surface area contributed by atoms with E-state index in [4.69, 9.17) is 5.11 Å². The lowest BCUT2D eigenvalue weighted by Gasteiger charge is -2.11. The molecule has 1 aromatic heterocycles. The smallest absolute Gasteiger partial charge is 0.251 e. The highest BCUT2D eigenvalue weighted by Crippen LogP contribution is 2.14. The number of halogens is 1. The molecule has 1 atom stereocenters. The summed E-state index contributed by atoms with van der Waals surface area (Å²) >= 11 is 0. The van der Waals surface area contributed by atoms with Crippen LogP contribution >= 0.6 is 0 Å². The van der Waals surface area contributed by atoms with Gasteiger partial charge in [0.25, 0.3) is 5.91 Å². The van der Waals surface area contributed by atoms with E-state index in [0.717, 1.165) is 6.07 Å². The van der Waals surface area contributed by atoms with Crippen LogP contribution in [0.5, 0.6) is 0 Å². The Morgan fingerprint density at radius 3 is 2.95 bits per heavy atom. The van der Waals surface area contributed by atoms with Crippen LogP contribution in [0.2, 0.25) is 0 Å².